The molecule has 39 heavy (non-hydrogen) atoms. The molecule has 0 aliphatic carbocycles. The maximum Gasteiger partial charge on any atom is 0.265 e. The summed E-state index contributed by atoms with van der Waals surface area (Å²) in [5.74, 6) is 0.265. The third-order valence-electron chi connectivity index (χ3n) is 6.19. The van der Waals surface area contributed by atoms with Crippen molar-refractivity contribution in [1.82, 2.24) is 10.3 Å². The molecule has 2 amide bonds. The van der Waals surface area contributed by atoms with Crippen LogP contribution in [0.5, 0.6) is 5.75 Å². The van der Waals surface area contributed by atoms with Crippen molar-refractivity contribution in [2.45, 2.75) is 12.6 Å². The van der Waals surface area contributed by atoms with Crippen LogP contribution in [0.25, 0.3) is 10.1 Å². The summed E-state index contributed by atoms with van der Waals surface area (Å²) >= 11 is 1.36. The van der Waals surface area contributed by atoms with Gasteiger partial charge in [0.1, 0.15) is 11.8 Å². The summed E-state index contributed by atoms with van der Waals surface area (Å²) < 4.78 is 6.11. The third kappa shape index (κ3) is 6.23. The monoisotopic (exact) mass is 537 g/mol. The average molecular weight is 538 g/mol. The highest BCUT2D eigenvalue weighted by Crippen LogP contribution is 2.30. The first-order valence-corrected chi connectivity index (χ1v) is 13.1. The van der Waals surface area contributed by atoms with Gasteiger partial charge in [0.05, 0.1) is 23.4 Å². The highest BCUT2D eigenvalue weighted by Gasteiger charge is 2.22. The standard InChI is InChI=1S/C30H27N5O3S/c1-38-23-10-8-22(9-11-23)34-30(37)28(33-18-19-12-14-32-15-13-19)21-7-6-20-16-27(39-26(20)17-21)29(36)35-25-5-3-2-4-24(25)31/h2-17,28,33H,18,31H2,1H3,(H,34,37)(H,35,36). The molecule has 3 aromatic carbocycles. The van der Waals surface area contributed by atoms with E-state index in [1.165, 1.54) is 11.3 Å². The fourth-order valence-corrected chi connectivity index (χ4v) is 5.11. The van der Waals surface area contributed by atoms with Crippen LogP contribution in [-0.2, 0) is 11.3 Å². The molecule has 0 fully saturated rings. The van der Waals surface area contributed by atoms with E-state index >= 15 is 0 Å². The number of carbonyl (C=O) groups is 2. The van der Waals surface area contributed by atoms with E-state index in [4.69, 9.17) is 10.5 Å². The van der Waals surface area contributed by atoms with Crippen LogP contribution >= 0.6 is 11.3 Å². The predicted octanol–water partition coefficient (Wildman–Crippen LogP) is 5.61. The molecule has 5 N–H and O–H groups in total. The lowest BCUT2D eigenvalue weighted by atomic mass is 10.0. The first-order chi connectivity index (χ1) is 19.0. The summed E-state index contributed by atoms with van der Waals surface area (Å²) in [5.41, 5.74) is 9.49. The number of hydrogen-bond donors (Lipinski definition) is 4. The molecule has 1 unspecified atom stereocenters. The second-order valence-electron chi connectivity index (χ2n) is 8.84. The van der Waals surface area contributed by atoms with Crippen molar-refractivity contribution in [3.05, 3.63) is 113 Å². The van der Waals surface area contributed by atoms with E-state index in [1.54, 1.807) is 55.9 Å². The maximum atomic E-state index is 13.5. The van der Waals surface area contributed by atoms with Crippen molar-refractivity contribution >= 4 is 50.3 Å². The van der Waals surface area contributed by atoms with Gasteiger partial charge in [-0.3, -0.25) is 19.9 Å². The number of hydrogen-bond acceptors (Lipinski definition) is 7. The van der Waals surface area contributed by atoms with Gasteiger partial charge in [-0.1, -0.05) is 24.3 Å². The summed E-state index contributed by atoms with van der Waals surface area (Å²) in [6.07, 6.45) is 3.44. The van der Waals surface area contributed by atoms with E-state index in [1.807, 2.05) is 48.5 Å². The van der Waals surface area contributed by atoms with E-state index in [0.717, 1.165) is 21.2 Å². The van der Waals surface area contributed by atoms with Crippen molar-refractivity contribution in [2.24, 2.45) is 0 Å². The number of methoxy groups -OCH3 is 1. The fraction of sp³-hybridized carbons (Fsp3) is 0.100. The number of nitrogens with two attached hydrogens (primary N) is 1. The highest BCUT2D eigenvalue weighted by molar-refractivity contribution is 7.20. The molecule has 0 saturated heterocycles. The largest absolute Gasteiger partial charge is 0.497 e. The second-order valence-corrected chi connectivity index (χ2v) is 9.92. The predicted molar refractivity (Wildman–Crippen MR) is 156 cm³/mol. The first-order valence-electron chi connectivity index (χ1n) is 12.3. The molecule has 0 radical (unpaired) electrons. The Morgan fingerprint density at radius 1 is 0.949 bits per heavy atom. The molecule has 5 rings (SSSR count). The number of thiophene rings is 1. The van der Waals surface area contributed by atoms with Gasteiger partial charge in [0.2, 0.25) is 5.91 Å². The summed E-state index contributed by atoms with van der Waals surface area (Å²) in [7, 11) is 1.60. The van der Waals surface area contributed by atoms with Crippen LogP contribution < -0.4 is 26.4 Å². The van der Waals surface area contributed by atoms with Gasteiger partial charge in [0, 0.05) is 29.3 Å². The zero-order valence-electron chi connectivity index (χ0n) is 21.2. The highest BCUT2D eigenvalue weighted by atomic mass is 32.1. The molecular formula is C30H27N5O3S. The molecule has 2 heterocycles. The number of fused-ring (bicyclic) bond motifs is 1. The molecule has 0 saturated carbocycles. The molecule has 0 aliphatic rings. The number of carbonyl (C=O) groups excluding carboxylic acids is 2. The Morgan fingerprint density at radius 2 is 1.72 bits per heavy atom. The van der Waals surface area contributed by atoms with Crippen LogP contribution in [0.4, 0.5) is 17.1 Å². The van der Waals surface area contributed by atoms with Crippen LogP contribution in [0.3, 0.4) is 0 Å². The topological polar surface area (TPSA) is 118 Å². The molecule has 2 aromatic heterocycles. The van der Waals surface area contributed by atoms with Crippen LogP contribution in [0.2, 0.25) is 0 Å². The molecule has 0 aliphatic heterocycles. The number of nitrogens with one attached hydrogen (secondary N) is 3. The van der Waals surface area contributed by atoms with Crippen molar-refractivity contribution in [3.8, 4) is 5.75 Å². The number of nitrogen functional groups attached to an aromatic ring is 1. The molecule has 0 spiro atoms. The summed E-state index contributed by atoms with van der Waals surface area (Å²) in [6.45, 7) is 0.470. The van der Waals surface area contributed by atoms with Gasteiger partial charge in [0.25, 0.3) is 5.91 Å². The number of anilines is 3. The van der Waals surface area contributed by atoms with Gasteiger partial charge in [-0.2, -0.15) is 0 Å². The number of para-hydroxylation sites is 2. The first kappa shape index (κ1) is 25.9. The Morgan fingerprint density at radius 3 is 2.46 bits per heavy atom. The number of benzene rings is 3. The minimum Gasteiger partial charge on any atom is -0.497 e. The quantitative estimate of drug-likeness (QED) is 0.182. The second kappa shape index (κ2) is 11.8. The van der Waals surface area contributed by atoms with E-state index < -0.39 is 6.04 Å². The Balaban J connectivity index is 1.40. The molecule has 8 nitrogen and oxygen atoms in total. The normalized spacial score (nSPS) is 11.6. The smallest absolute Gasteiger partial charge is 0.265 e. The van der Waals surface area contributed by atoms with E-state index in [9.17, 15) is 9.59 Å². The van der Waals surface area contributed by atoms with E-state index in [0.29, 0.717) is 34.2 Å². The van der Waals surface area contributed by atoms with Crippen LogP contribution in [0, 0.1) is 0 Å². The van der Waals surface area contributed by atoms with E-state index in [-0.39, 0.29) is 11.8 Å². The van der Waals surface area contributed by atoms with Gasteiger partial charge < -0.3 is 21.1 Å². The summed E-state index contributed by atoms with van der Waals surface area (Å²) in [4.78, 5) is 31.0. The molecule has 5 aromatic rings. The van der Waals surface area contributed by atoms with Crippen LogP contribution in [0.15, 0.2) is 97.3 Å². The number of nitrogens with zero attached hydrogens (tertiary/aromatic N) is 1. The SMILES string of the molecule is COc1ccc(NC(=O)C(NCc2ccncc2)c2ccc3cc(C(=O)Nc4ccccc4N)sc3c2)cc1. The zero-order chi connectivity index (χ0) is 27.2. The van der Waals surface area contributed by atoms with Crippen molar-refractivity contribution in [2.75, 3.05) is 23.5 Å². The lowest BCUT2D eigenvalue weighted by Crippen LogP contribution is -2.32. The number of aromatic nitrogens is 1. The van der Waals surface area contributed by atoms with Crippen molar-refractivity contribution in [3.63, 3.8) is 0 Å². The van der Waals surface area contributed by atoms with Crippen LogP contribution in [0.1, 0.15) is 26.8 Å². The van der Waals surface area contributed by atoms with Gasteiger partial charge in [-0.15, -0.1) is 11.3 Å². The fourth-order valence-electron chi connectivity index (χ4n) is 4.11. The Labute approximate surface area is 229 Å². The molecular weight excluding hydrogens is 510 g/mol. The average Bonchev–Trinajstić information content (AvgIpc) is 3.39. The van der Waals surface area contributed by atoms with Crippen molar-refractivity contribution < 1.29 is 14.3 Å². The molecule has 9 heteroatoms. The number of ether oxygens (including phenoxy) is 1. The van der Waals surface area contributed by atoms with Crippen molar-refractivity contribution in [1.29, 1.82) is 0 Å². The maximum absolute atomic E-state index is 13.5. The molecule has 1 atom stereocenters. The minimum absolute atomic E-state index is 0.206. The van der Waals surface area contributed by atoms with E-state index in [2.05, 4.69) is 20.9 Å². The summed E-state index contributed by atoms with van der Waals surface area (Å²) in [6, 6.07) is 25.1. The lowest BCUT2D eigenvalue weighted by Gasteiger charge is -2.19. The lowest BCUT2D eigenvalue weighted by molar-refractivity contribution is -0.118. The summed E-state index contributed by atoms with van der Waals surface area (Å²) in [5, 5.41) is 10.2. The number of rotatable bonds is 9. The van der Waals surface area contributed by atoms with Gasteiger partial charge in [-0.25, -0.2) is 0 Å². The third-order valence-corrected chi connectivity index (χ3v) is 7.29. The van der Waals surface area contributed by atoms with Gasteiger partial charge in [-0.05, 0) is 77.2 Å². The Kier molecular flexibility index (Phi) is 7.81. The van der Waals surface area contributed by atoms with Gasteiger partial charge >= 0.3 is 0 Å². The number of amides is 2. The minimum atomic E-state index is -0.645. The zero-order valence-corrected chi connectivity index (χ0v) is 22.0. The Bertz CT molecular complexity index is 1600. The number of pyridine rings is 1. The van der Waals surface area contributed by atoms with Crippen LogP contribution in [-0.4, -0.2) is 23.9 Å². The van der Waals surface area contributed by atoms with Gasteiger partial charge in [0.15, 0.2) is 0 Å². The Hall–Kier alpha value is -4.73. The molecule has 196 valence electrons. The molecule has 0 bridgehead atoms.